The minimum Gasteiger partial charge on any atom is -0.295 e. The zero-order chi connectivity index (χ0) is 14.7. The summed E-state index contributed by atoms with van der Waals surface area (Å²) in [7, 11) is 0. The highest BCUT2D eigenvalue weighted by molar-refractivity contribution is 5.94. The van der Waals surface area contributed by atoms with Gasteiger partial charge < -0.3 is 0 Å². The summed E-state index contributed by atoms with van der Waals surface area (Å²) in [5, 5.41) is 0. The van der Waals surface area contributed by atoms with Crippen LogP contribution in [-0.4, -0.2) is 10.8 Å². The fourth-order valence-corrected chi connectivity index (χ4v) is 2.36. The Balaban J connectivity index is 2.09. The van der Waals surface area contributed by atoms with E-state index in [9.17, 15) is 4.79 Å². The van der Waals surface area contributed by atoms with Gasteiger partial charge in [0, 0.05) is 17.3 Å². The van der Waals surface area contributed by atoms with Crippen LogP contribution in [-0.2, 0) is 0 Å². The van der Waals surface area contributed by atoms with Gasteiger partial charge in [-0.25, -0.2) is 0 Å². The zero-order valence-electron chi connectivity index (χ0n) is 11.8. The average Bonchev–Trinajstić information content (AvgIpc) is 2.56. The standard InChI is InChI=1S/C19H15NO/c1-14(21)15-9-11-16(12-10-15)17-6-2-3-7-18(17)19-8-4-5-13-20-19/h2-13H,1H3. The number of rotatable bonds is 3. The quantitative estimate of drug-likeness (QED) is 0.652. The van der Waals surface area contributed by atoms with E-state index in [2.05, 4.69) is 17.1 Å². The van der Waals surface area contributed by atoms with Crippen molar-refractivity contribution in [1.82, 2.24) is 4.98 Å². The summed E-state index contributed by atoms with van der Waals surface area (Å²) < 4.78 is 0. The molecule has 0 fully saturated rings. The minimum absolute atomic E-state index is 0.0829. The summed E-state index contributed by atoms with van der Waals surface area (Å²) >= 11 is 0. The molecule has 0 saturated carbocycles. The van der Waals surface area contributed by atoms with Gasteiger partial charge in [0.05, 0.1) is 5.69 Å². The van der Waals surface area contributed by atoms with E-state index in [1.54, 1.807) is 13.1 Å². The van der Waals surface area contributed by atoms with Gasteiger partial charge in [-0.1, -0.05) is 54.6 Å². The molecule has 0 radical (unpaired) electrons. The molecule has 0 aliphatic carbocycles. The van der Waals surface area contributed by atoms with E-state index in [1.165, 1.54) is 0 Å². The summed E-state index contributed by atoms with van der Waals surface area (Å²) in [6.45, 7) is 1.58. The van der Waals surface area contributed by atoms with Gasteiger partial charge in [0.1, 0.15) is 0 Å². The molecule has 0 atom stereocenters. The van der Waals surface area contributed by atoms with Crippen molar-refractivity contribution >= 4 is 5.78 Å². The first kappa shape index (κ1) is 13.3. The fourth-order valence-electron chi connectivity index (χ4n) is 2.36. The van der Waals surface area contributed by atoms with Crippen molar-refractivity contribution in [3.8, 4) is 22.4 Å². The van der Waals surface area contributed by atoms with Gasteiger partial charge in [-0.3, -0.25) is 9.78 Å². The Morgan fingerprint density at radius 3 is 2.10 bits per heavy atom. The zero-order valence-corrected chi connectivity index (χ0v) is 11.8. The molecule has 2 aromatic carbocycles. The molecular formula is C19H15NO. The molecule has 0 N–H and O–H groups in total. The smallest absolute Gasteiger partial charge is 0.159 e. The Labute approximate surface area is 124 Å². The molecule has 0 aliphatic rings. The first-order valence-electron chi connectivity index (χ1n) is 6.87. The summed E-state index contributed by atoms with van der Waals surface area (Å²) in [4.78, 5) is 15.8. The molecule has 0 bridgehead atoms. The molecule has 21 heavy (non-hydrogen) atoms. The predicted octanol–water partition coefficient (Wildman–Crippen LogP) is 4.62. The first-order valence-corrected chi connectivity index (χ1v) is 6.87. The molecule has 2 nitrogen and oxygen atoms in total. The van der Waals surface area contributed by atoms with Crippen LogP contribution in [0.1, 0.15) is 17.3 Å². The molecule has 0 amide bonds. The van der Waals surface area contributed by atoms with E-state index in [1.807, 2.05) is 54.6 Å². The molecular weight excluding hydrogens is 258 g/mol. The van der Waals surface area contributed by atoms with Gasteiger partial charge in [-0.2, -0.15) is 0 Å². The van der Waals surface area contributed by atoms with Gasteiger partial charge in [-0.15, -0.1) is 0 Å². The van der Waals surface area contributed by atoms with Crippen LogP contribution in [0.5, 0.6) is 0 Å². The Bertz CT molecular complexity index is 761. The van der Waals surface area contributed by atoms with E-state index < -0.39 is 0 Å². The van der Waals surface area contributed by atoms with Crippen LogP contribution in [0, 0.1) is 0 Å². The molecule has 0 aliphatic heterocycles. The monoisotopic (exact) mass is 273 g/mol. The van der Waals surface area contributed by atoms with E-state index in [0.29, 0.717) is 0 Å². The number of carbonyl (C=O) groups excluding carboxylic acids is 1. The van der Waals surface area contributed by atoms with Crippen LogP contribution in [0.25, 0.3) is 22.4 Å². The number of Topliss-reactive ketones (excluding diaryl/α,β-unsaturated/α-hetero) is 1. The van der Waals surface area contributed by atoms with Crippen LogP contribution >= 0.6 is 0 Å². The summed E-state index contributed by atoms with van der Waals surface area (Å²) in [6, 6.07) is 21.8. The Morgan fingerprint density at radius 2 is 1.48 bits per heavy atom. The highest BCUT2D eigenvalue weighted by Crippen LogP contribution is 2.30. The maximum Gasteiger partial charge on any atom is 0.159 e. The minimum atomic E-state index is 0.0829. The van der Waals surface area contributed by atoms with E-state index in [4.69, 9.17) is 0 Å². The average molecular weight is 273 g/mol. The number of carbonyl (C=O) groups is 1. The SMILES string of the molecule is CC(=O)c1ccc(-c2ccccc2-c2ccccn2)cc1. The number of pyridine rings is 1. The van der Waals surface area contributed by atoms with Crippen LogP contribution < -0.4 is 0 Å². The van der Waals surface area contributed by atoms with E-state index in [0.717, 1.165) is 27.9 Å². The molecule has 102 valence electrons. The van der Waals surface area contributed by atoms with Crippen molar-refractivity contribution in [2.45, 2.75) is 6.92 Å². The third-order valence-corrected chi connectivity index (χ3v) is 3.47. The number of ketones is 1. The first-order chi connectivity index (χ1) is 10.3. The van der Waals surface area contributed by atoms with Gasteiger partial charge in [-0.05, 0) is 30.2 Å². The van der Waals surface area contributed by atoms with Crippen molar-refractivity contribution in [2.24, 2.45) is 0 Å². The summed E-state index contributed by atoms with van der Waals surface area (Å²) in [5.74, 6) is 0.0829. The molecule has 1 heterocycles. The molecule has 0 unspecified atom stereocenters. The molecule has 0 saturated heterocycles. The topological polar surface area (TPSA) is 30.0 Å². The fraction of sp³-hybridized carbons (Fsp3) is 0.0526. The second-order valence-corrected chi connectivity index (χ2v) is 4.89. The Kier molecular flexibility index (Phi) is 3.61. The number of aromatic nitrogens is 1. The molecule has 2 heteroatoms. The van der Waals surface area contributed by atoms with E-state index >= 15 is 0 Å². The second-order valence-electron chi connectivity index (χ2n) is 4.89. The van der Waals surface area contributed by atoms with Gasteiger partial charge in [0.2, 0.25) is 0 Å². The third kappa shape index (κ3) is 2.75. The van der Waals surface area contributed by atoms with E-state index in [-0.39, 0.29) is 5.78 Å². The maximum absolute atomic E-state index is 11.4. The lowest BCUT2D eigenvalue weighted by atomic mass is 9.96. The normalized spacial score (nSPS) is 10.3. The van der Waals surface area contributed by atoms with Gasteiger partial charge in [0.25, 0.3) is 0 Å². The predicted molar refractivity (Wildman–Crippen MR) is 85.1 cm³/mol. The molecule has 1 aromatic heterocycles. The molecule has 3 aromatic rings. The van der Waals surface area contributed by atoms with Crippen molar-refractivity contribution in [2.75, 3.05) is 0 Å². The lowest BCUT2D eigenvalue weighted by Crippen LogP contribution is -1.92. The Morgan fingerprint density at radius 1 is 0.810 bits per heavy atom. The van der Waals surface area contributed by atoms with Crippen LogP contribution in [0.15, 0.2) is 72.9 Å². The summed E-state index contributed by atoms with van der Waals surface area (Å²) in [5.41, 5.74) is 4.97. The van der Waals surface area contributed by atoms with Gasteiger partial charge >= 0.3 is 0 Å². The van der Waals surface area contributed by atoms with Crippen LogP contribution in [0.4, 0.5) is 0 Å². The Hall–Kier alpha value is -2.74. The second kappa shape index (κ2) is 5.71. The highest BCUT2D eigenvalue weighted by atomic mass is 16.1. The van der Waals surface area contributed by atoms with Gasteiger partial charge in [0.15, 0.2) is 5.78 Å². The van der Waals surface area contributed by atoms with Crippen molar-refractivity contribution in [3.05, 3.63) is 78.5 Å². The summed E-state index contributed by atoms with van der Waals surface area (Å²) in [6.07, 6.45) is 1.80. The largest absolute Gasteiger partial charge is 0.295 e. The van der Waals surface area contributed by atoms with Crippen LogP contribution in [0.2, 0.25) is 0 Å². The van der Waals surface area contributed by atoms with Crippen molar-refractivity contribution in [3.63, 3.8) is 0 Å². The molecule has 0 spiro atoms. The van der Waals surface area contributed by atoms with Crippen molar-refractivity contribution < 1.29 is 4.79 Å². The third-order valence-electron chi connectivity index (χ3n) is 3.47. The van der Waals surface area contributed by atoms with Crippen molar-refractivity contribution in [1.29, 1.82) is 0 Å². The maximum atomic E-state index is 11.4. The lowest BCUT2D eigenvalue weighted by Gasteiger charge is -2.09. The number of benzene rings is 2. The lowest BCUT2D eigenvalue weighted by molar-refractivity contribution is 0.101. The highest BCUT2D eigenvalue weighted by Gasteiger charge is 2.08. The number of nitrogens with zero attached hydrogens (tertiary/aromatic N) is 1. The van der Waals surface area contributed by atoms with Crippen LogP contribution in [0.3, 0.4) is 0 Å². The number of hydrogen-bond donors (Lipinski definition) is 0. The molecule has 3 rings (SSSR count). The number of hydrogen-bond acceptors (Lipinski definition) is 2.